The number of benzene rings is 2. The van der Waals surface area contributed by atoms with Gasteiger partial charge in [-0.3, -0.25) is 9.59 Å². The minimum atomic E-state index is -0.489. The van der Waals surface area contributed by atoms with Gasteiger partial charge in [-0.2, -0.15) is 0 Å². The molecule has 2 aromatic carbocycles. The summed E-state index contributed by atoms with van der Waals surface area (Å²) in [5.41, 5.74) is 10.1. The van der Waals surface area contributed by atoms with Gasteiger partial charge in [0, 0.05) is 20.3 Å². The Hall–Kier alpha value is -3.03. The predicted molar refractivity (Wildman–Crippen MR) is 141 cm³/mol. The van der Waals surface area contributed by atoms with Crippen molar-refractivity contribution in [1.82, 2.24) is 4.98 Å². The maximum absolute atomic E-state index is 13.6. The number of primary amides is 1. The van der Waals surface area contributed by atoms with Crippen molar-refractivity contribution < 1.29 is 9.59 Å². The van der Waals surface area contributed by atoms with E-state index < -0.39 is 5.91 Å². The van der Waals surface area contributed by atoms with Crippen LogP contribution in [0.25, 0.3) is 22.2 Å². The zero-order chi connectivity index (χ0) is 23.8. The molecule has 0 saturated heterocycles. The standard InChI is InChI=1S/C27H24BrN3O2S/c1-2-15-10-11-19-23(12-15)34-27(24(19)25(29)32)31-26(33)20-14-22(16-6-5-7-17(28)13-16)30-21-9-4-3-8-18(20)21/h3-9,13-15H,2,10-12H2,1H3,(H2,29,32)(H,31,33). The van der Waals surface area contributed by atoms with E-state index in [2.05, 4.69) is 28.2 Å². The highest BCUT2D eigenvalue weighted by Gasteiger charge is 2.28. The average molecular weight is 534 g/mol. The number of hydrogen-bond donors (Lipinski definition) is 2. The summed E-state index contributed by atoms with van der Waals surface area (Å²) in [7, 11) is 0. The van der Waals surface area contributed by atoms with Gasteiger partial charge in [0.1, 0.15) is 5.00 Å². The number of amides is 2. The Morgan fingerprint density at radius 1 is 1.18 bits per heavy atom. The first-order chi connectivity index (χ1) is 16.4. The monoisotopic (exact) mass is 533 g/mol. The predicted octanol–water partition coefficient (Wildman–Crippen LogP) is 6.59. The van der Waals surface area contributed by atoms with Crippen molar-refractivity contribution in [2.45, 2.75) is 32.6 Å². The SMILES string of the molecule is CCC1CCc2c(sc(NC(=O)c3cc(-c4cccc(Br)c4)nc4ccccc34)c2C(N)=O)C1. The van der Waals surface area contributed by atoms with E-state index in [4.69, 9.17) is 10.7 Å². The summed E-state index contributed by atoms with van der Waals surface area (Å²) in [4.78, 5) is 31.9. The number of carbonyl (C=O) groups is 2. The van der Waals surface area contributed by atoms with Crippen LogP contribution in [0.3, 0.4) is 0 Å². The molecule has 2 aromatic heterocycles. The third kappa shape index (κ3) is 4.26. The molecule has 1 atom stereocenters. The van der Waals surface area contributed by atoms with Crippen LogP contribution >= 0.6 is 27.3 Å². The first-order valence-electron chi connectivity index (χ1n) is 11.4. The van der Waals surface area contributed by atoms with E-state index in [-0.39, 0.29) is 5.91 Å². The molecule has 2 heterocycles. The smallest absolute Gasteiger partial charge is 0.257 e. The zero-order valence-corrected chi connectivity index (χ0v) is 21.1. The Kier molecular flexibility index (Phi) is 6.23. The van der Waals surface area contributed by atoms with Gasteiger partial charge in [-0.15, -0.1) is 11.3 Å². The lowest BCUT2D eigenvalue weighted by atomic mass is 9.85. The van der Waals surface area contributed by atoms with Crippen LogP contribution in [-0.4, -0.2) is 16.8 Å². The first kappa shape index (κ1) is 22.7. The van der Waals surface area contributed by atoms with Gasteiger partial charge >= 0.3 is 0 Å². The van der Waals surface area contributed by atoms with Crippen LogP contribution in [0, 0.1) is 5.92 Å². The summed E-state index contributed by atoms with van der Waals surface area (Å²) in [5, 5.41) is 4.32. The van der Waals surface area contributed by atoms with Gasteiger partial charge in [-0.25, -0.2) is 4.98 Å². The molecule has 4 aromatic rings. The molecule has 0 aliphatic heterocycles. The summed E-state index contributed by atoms with van der Waals surface area (Å²) in [6.07, 6.45) is 3.90. The van der Waals surface area contributed by atoms with Crippen molar-refractivity contribution in [1.29, 1.82) is 0 Å². The van der Waals surface area contributed by atoms with E-state index in [1.807, 2.05) is 54.6 Å². The maximum atomic E-state index is 13.6. The molecule has 1 unspecified atom stereocenters. The highest BCUT2D eigenvalue weighted by atomic mass is 79.9. The largest absolute Gasteiger partial charge is 0.365 e. The summed E-state index contributed by atoms with van der Waals surface area (Å²) < 4.78 is 0.937. The Morgan fingerprint density at radius 2 is 2.00 bits per heavy atom. The molecule has 0 fully saturated rings. The molecule has 0 saturated carbocycles. The molecule has 1 aliphatic rings. The van der Waals surface area contributed by atoms with E-state index in [1.165, 1.54) is 11.3 Å². The van der Waals surface area contributed by atoms with Crippen LogP contribution in [-0.2, 0) is 12.8 Å². The molecule has 5 rings (SSSR count). The lowest BCUT2D eigenvalue weighted by Gasteiger charge is -2.20. The van der Waals surface area contributed by atoms with Crippen LogP contribution in [0.5, 0.6) is 0 Å². The normalized spacial score (nSPS) is 15.2. The number of anilines is 1. The minimum absolute atomic E-state index is 0.275. The molecule has 1 aliphatic carbocycles. The molecular weight excluding hydrogens is 510 g/mol. The fourth-order valence-electron chi connectivity index (χ4n) is 4.68. The number of carbonyl (C=O) groups excluding carboxylic acids is 2. The third-order valence-corrected chi connectivity index (χ3v) is 8.16. The number of para-hydroxylation sites is 1. The van der Waals surface area contributed by atoms with Crippen LogP contribution in [0.1, 0.15) is 50.9 Å². The second-order valence-corrected chi connectivity index (χ2v) is 10.6. The van der Waals surface area contributed by atoms with Crippen molar-refractivity contribution in [3.8, 4) is 11.3 Å². The summed E-state index contributed by atoms with van der Waals surface area (Å²) in [5.74, 6) is -0.160. The quantitative estimate of drug-likeness (QED) is 0.303. The molecule has 0 radical (unpaired) electrons. The molecule has 2 amide bonds. The minimum Gasteiger partial charge on any atom is -0.365 e. The van der Waals surface area contributed by atoms with Crippen LogP contribution in [0.2, 0.25) is 0 Å². The van der Waals surface area contributed by atoms with E-state index in [0.717, 1.165) is 57.1 Å². The Bertz CT molecular complexity index is 1430. The van der Waals surface area contributed by atoms with E-state index in [0.29, 0.717) is 27.7 Å². The summed E-state index contributed by atoms with van der Waals surface area (Å²) in [6.45, 7) is 2.19. The number of rotatable bonds is 5. The third-order valence-electron chi connectivity index (χ3n) is 6.50. The van der Waals surface area contributed by atoms with E-state index in [1.54, 1.807) is 0 Å². The highest BCUT2D eigenvalue weighted by molar-refractivity contribution is 9.10. The molecule has 172 valence electrons. The van der Waals surface area contributed by atoms with Gasteiger partial charge in [0.15, 0.2) is 0 Å². The van der Waals surface area contributed by atoms with Gasteiger partial charge in [0.05, 0.1) is 22.3 Å². The van der Waals surface area contributed by atoms with Crippen LogP contribution < -0.4 is 11.1 Å². The number of nitrogens with two attached hydrogens (primary N) is 1. The number of nitrogens with zero attached hydrogens (tertiary/aromatic N) is 1. The summed E-state index contributed by atoms with van der Waals surface area (Å²) in [6, 6.07) is 17.2. The fraction of sp³-hybridized carbons (Fsp3) is 0.222. The second-order valence-electron chi connectivity index (χ2n) is 8.63. The van der Waals surface area contributed by atoms with Crippen LogP contribution in [0.15, 0.2) is 59.1 Å². The lowest BCUT2D eigenvalue weighted by Crippen LogP contribution is -2.20. The molecule has 34 heavy (non-hydrogen) atoms. The highest BCUT2D eigenvalue weighted by Crippen LogP contribution is 2.40. The average Bonchev–Trinajstić information content (AvgIpc) is 3.20. The Balaban J connectivity index is 1.57. The van der Waals surface area contributed by atoms with E-state index in [9.17, 15) is 9.59 Å². The first-order valence-corrected chi connectivity index (χ1v) is 13.0. The number of halogens is 1. The molecule has 7 heteroatoms. The van der Waals surface area contributed by atoms with E-state index >= 15 is 0 Å². The number of aromatic nitrogens is 1. The fourth-order valence-corrected chi connectivity index (χ4v) is 6.44. The van der Waals surface area contributed by atoms with Crippen molar-refractivity contribution >= 4 is 55.0 Å². The van der Waals surface area contributed by atoms with Crippen molar-refractivity contribution in [3.63, 3.8) is 0 Å². The molecule has 3 N–H and O–H groups in total. The Labute approximate surface area is 210 Å². The topological polar surface area (TPSA) is 85.1 Å². The van der Waals surface area contributed by atoms with Crippen molar-refractivity contribution in [3.05, 3.63) is 80.6 Å². The number of fused-ring (bicyclic) bond motifs is 2. The number of nitrogens with one attached hydrogen (secondary N) is 1. The maximum Gasteiger partial charge on any atom is 0.257 e. The van der Waals surface area contributed by atoms with Crippen LogP contribution in [0.4, 0.5) is 5.00 Å². The molecule has 5 nitrogen and oxygen atoms in total. The number of pyridine rings is 1. The molecule has 0 spiro atoms. The zero-order valence-electron chi connectivity index (χ0n) is 18.7. The van der Waals surface area contributed by atoms with Crippen molar-refractivity contribution in [2.75, 3.05) is 5.32 Å². The van der Waals surface area contributed by atoms with Gasteiger partial charge in [-0.1, -0.05) is 59.6 Å². The number of thiophene rings is 1. The Morgan fingerprint density at radius 3 is 2.76 bits per heavy atom. The van der Waals surface area contributed by atoms with Gasteiger partial charge in [0.2, 0.25) is 0 Å². The lowest BCUT2D eigenvalue weighted by molar-refractivity contribution is 0.1000. The summed E-state index contributed by atoms with van der Waals surface area (Å²) >= 11 is 5.00. The van der Waals surface area contributed by atoms with Gasteiger partial charge < -0.3 is 11.1 Å². The molecular formula is C27H24BrN3O2S. The van der Waals surface area contributed by atoms with Crippen molar-refractivity contribution in [2.24, 2.45) is 11.7 Å². The second kappa shape index (κ2) is 9.31. The van der Waals surface area contributed by atoms with Gasteiger partial charge in [0.25, 0.3) is 11.8 Å². The number of hydrogen-bond acceptors (Lipinski definition) is 4. The van der Waals surface area contributed by atoms with Gasteiger partial charge in [-0.05, 0) is 55.0 Å². The molecule has 0 bridgehead atoms.